The number of allylic oxidation sites excluding steroid dienone is 2. The van der Waals surface area contributed by atoms with Crippen molar-refractivity contribution in [3.63, 3.8) is 0 Å². The van der Waals surface area contributed by atoms with Crippen LogP contribution in [0, 0.1) is 0 Å². The Hall–Kier alpha value is -1.33. The van der Waals surface area contributed by atoms with Gasteiger partial charge in [0.05, 0.1) is 0 Å². The van der Waals surface area contributed by atoms with E-state index in [0.29, 0.717) is 12.8 Å². The molecule has 0 aliphatic carbocycles. The highest BCUT2D eigenvalue weighted by Gasteiger charge is 1.98. The zero-order valence-electron chi connectivity index (χ0n) is 30.8. The molecule has 0 aromatic heterocycles. The van der Waals surface area contributed by atoms with Gasteiger partial charge in [-0.3, -0.25) is 9.59 Å². The first-order valence-electron chi connectivity index (χ1n) is 19.2. The molecule has 0 rings (SSSR count). The highest BCUT2D eigenvalue weighted by atomic mass is 35.5. The van der Waals surface area contributed by atoms with Gasteiger partial charge in [0, 0.05) is 12.8 Å². The van der Waals surface area contributed by atoms with Gasteiger partial charge in [-0.15, -0.1) is 25.6 Å². The van der Waals surface area contributed by atoms with Crippen LogP contribution in [0.3, 0.4) is 0 Å². The quantitative estimate of drug-likeness (QED) is 0.0467. The van der Waals surface area contributed by atoms with Gasteiger partial charge in [0.15, 0.2) is 0 Å². The van der Waals surface area contributed by atoms with Crippen LogP contribution in [0.25, 0.3) is 0 Å². The first kappa shape index (κ1) is 51.5. The zero-order valence-corrected chi connectivity index (χ0v) is 31.6. The van der Waals surface area contributed by atoms with E-state index >= 15 is 0 Å². The molecular weight excluding hydrogens is 594 g/mol. The Bertz CT molecular complexity index is 550. The predicted molar refractivity (Wildman–Crippen MR) is 206 cm³/mol. The summed E-state index contributed by atoms with van der Waals surface area (Å²) >= 11 is 0. The van der Waals surface area contributed by atoms with Crippen molar-refractivity contribution in [3.05, 3.63) is 25.3 Å². The Balaban J connectivity index is -0.000000346. The molecule has 0 heterocycles. The summed E-state index contributed by atoms with van der Waals surface area (Å²) in [5.41, 5.74) is 0. The molecule has 0 unspecified atom stereocenters. The van der Waals surface area contributed by atoms with Crippen molar-refractivity contribution < 1.29 is 19.8 Å². The molecule has 0 aliphatic rings. The number of rotatable bonds is 34. The largest absolute Gasteiger partial charge is 0.481 e. The maximum Gasteiger partial charge on any atom is 0.303 e. The van der Waals surface area contributed by atoms with Crippen LogP contribution in [0.15, 0.2) is 25.3 Å². The summed E-state index contributed by atoms with van der Waals surface area (Å²) in [6.45, 7) is 7.50. The zero-order chi connectivity index (χ0) is 33.9. The smallest absolute Gasteiger partial charge is 0.303 e. The molecule has 0 aliphatic heterocycles. The van der Waals surface area contributed by atoms with E-state index in [9.17, 15) is 9.59 Å². The lowest BCUT2D eigenvalue weighted by Gasteiger charge is -2.03. The monoisotopic (exact) mass is 674 g/mol. The lowest BCUT2D eigenvalue weighted by molar-refractivity contribution is -0.138. The Kier molecular flexibility index (Phi) is 56.6. The van der Waals surface area contributed by atoms with Crippen LogP contribution >= 0.6 is 12.4 Å². The Morgan fingerprint density at radius 2 is 0.565 bits per heavy atom. The molecule has 0 spiro atoms. The average Bonchev–Trinajstić information content (AvgIpc) is 3.01. The second-order valence-corrected chi connectivity index (χ2v) is 12.8. The molecule has 0 aromatic rings. The topological polar surface area (TPSA) is 86.6 Å². The summed E-state index contributed by atoms with van der Waals surface area (Å²) in [6.07, 6.45) is 43.4. The second-order valence-electron chi connectivity index (χ2n) is 12.8. The van der Waals surface area contributed by atoms with Gasteiger partial charge in [0.2, 0.25) is 0 Å². The van der Waals surface area contributed by atoms with E-state index in [1.807, 2.05) is 26.2 Å². The van der Waals surface area contributed by atoms with E-state index in [0.717, 1.165) is 25.7 Å². The van der Waals surface area contributed by atoms with E-state index in [1.54, 1.807) is 0 Å². The van der Waals surface area contributed by atoms with Gasteiger partial charge in [-0.2, -0.15) is 0 Å². The van der Waals surface area contributed by atoms with Crippen LogP contribution in [0.1, 0.15) is 205 Å². The van der Waals surface area contributed by atoms with E-state index < -0.39 is 11.9 Å². The molecule has 0 amide bonds. The van der Waals surface area contributed by atoms with Crippen molar-refractivity contribution >= 4 is 24.3 Å². The third-order valence-corrected chi connectivity index (χ3v) is 8.10. The van der Waals surface area contributed by atoms with Gasteiger partial charge >= 0.3 is 11.9 Å². The number of halogens is 1. The second kappa shape index (κ2) is 50.5. The summed E-state index contributed by atoms with van der Waals surface area (Å²) in [6, 6.07) is 0. The number of nitrogens with one attached hydrogen (secondary N) is 1. The number of carboxylic acid groups (broad SMARTS) is 2. The fourth-order valence-electron chi connectivity index (χ4n) is 5.37. The van der Waals surface area contributed by atoms with E-state index in [1.165, 1.54) is 167 Å². The van der Waals surface area contributed by atoms with Gasteiger partial charge in [0.25, 0.3) is 0 Å². The molecule has 5 nitrogen and oxygen atoms in total. The summed E-state index contributed by atoms with van der Waals surface area (Å²) < 4.78 is 0. The summed E-state index contributed by atoms with van der Waals surface area (Å²) in [4.78, 5) is 20.7. The molecule has 46 heavy (non-hydrogen) atoms. The molecular formula is C40H80ClNO4. The summed E-state index contributed by atoms with van der Waals surface area (Å²) in [7, 11) is 3.75. The van der Waals surface area contributed by atoms with Gasteiger partial charge in [0.1, 0.15) is 0 Å². The predicted octanol–water partition coefficient (Wildman–Crippen LogP) is 13.3. The number of hydrogen-bond donors (Lipinski definition) is 3. The first-order valence-corrected chi connectivity index (χ1v) is 19.2. The molecule has 0 saturated carbocycles. The minimum atomic E-state index is -0.657. The van der Waals surface area contributed by atoms with Crippen molar-refractivity contribution in [2.45, 2.75) is 205 Å². The fraction of sp³-hybridized carbons (Fsp3) is 0.850. The molecule has 0 aromatic carbocycles. The van der Waals surface area contributed by atoms with Crippen molar-refractivity contribution in [2.24, 2.45) is 0 Å². The molecule has 0 atom stereocenters. The van der Waals surface area contributed by atoms with Crippen LogP contribution in [0.5, 0.6) is 0 Å². The van der Waals surface area contributed by atoms with E-state index in [2.05, 4.69) is 18.5 Å². The standard InChI is InChI=1S/2C19H36O2.C2H7N.ClH/c2*1-2-3-4-5-6-7-8-9-10-11-12-13-14-15-16-17-18-19(20)21;1-3-2;/h2*2H,1,3-18H2,(H,20,21);3H,1-2H3;1H. The van der Waals surface area contributed by atoms with Crippen molar-refractivity contribution in [1.29, 1.82) is 0 Å². The fourth-order valence-corrected chi connectivity index (χ4v) is 5.37. The van der Waals surface area contributed by atoms with Gasteiger partial charge in [-0.25, -0.2) is 0 Å². The van der Waals surface area contributed by atoms with Gasteiger partial charge in [-0.1, -0.05) is 166 Å². The van der Waals surface area contributed by atoms with Crippen molar-refractivity contribution in [2.75, 3.05) is 14.1 Å². The number of carboxylic acids is 2. The van der Waals surface area contributed by atoms with Gasteiger partial charge in [-0.05, 0) is 52.6 Å². The molecule has 0 radical (unpaired) electrons. The number of carbonyl (C=O) groups is 2. The highest BCUT2D eigenvalue weighted by molar-refractivity contribution is 5.85. The Labute approximate surface area is 293 Å². The molecule has 0 bridgehead atoms. The number of aliphatic carboxylic acids is 2. The maximum atomic E-state index is 10.3. The Morgan fingerprint density at radius 3 is 0.717 bits per heavy atom. The van der Waals surface area contributed by atoms with Crippen molar-refractivity contribution in [3.8, 4) is 0 Å². The average molecular weight is 675 g/mol. The third kappa shape index (κ3) is 61.6. The SMILES string of the molecule is C=CCCCCCCCCCCCCCCCCC(=O)O.C=CCCCCCCCCCCCCCCCCC(=O)O.CNC.Cl. The van der Waals surface area contributed by atoms with E-state index in [4.69, 9.17) is 10.2 Å². The third-order valence-electron chi connectivity index (χ3n) is 8.10. The minimum Gasteiger partial charge on any atom is -0.481 e. The Morgan fingerprint density at radius 1 is 0.413 bits per heavy atom. The molecule has 0 fully saturated rings. The maximum absolute atomic E-state index is 10.3. The number of unbranched alkanes of at least 4 members (excludes halogenated alkanes) is 28. The summed E-state index contributed by atoms with van der Waals surface area (Å²) in [5, 5.41) is 19.8. The summed E-state index contributed by atoms with van der Waals surface area (Å²) in [5.74, 6) is -1.31. The first-order chi connectivity index (χ1) is 22.0. The van der Waals surface area contributed by atoms with Gasteiger partial charge < -0.3 is 15.5 Å². The molecule has 0 saturated heterocycles. The highest BCUT2D eigenvalue weighted by Crippen LogP contribution is 2.15. The van der Waals surface area contributed by atoms with Crippen LogP contribution in [0.4, 0.5) is 0 Å². The number of hydrogen-bond acceptors (Lipinski definition) is 3. The van der Waals surface area contributed by atoms with Crippen LogP contribution < -0.4 is 5.32 Å². The van der Waals surface area contributed by atoms with Crippen LogP contribution in [0.2, 0.25) is 0 Å². The van der Waals surface area contributed by atoms with Crippen LogP contribution in [-0.4, -0.2) is 36.2 Å². The van der Waals surface area contributed by atoms with Crippen molar-refractivity contribution in [1.82, 2.24) is 5.32 Å². The van der Waals surface area contributed by atoms with Crippen LogP contribution in [-0.2, 0) is 9.59 Å². The van der Waals surface area contributed by atoms with E-state index in [-0.39, 0.29) is 12.4 Å². The lowest BCUT2D eigenvalue weighted by atomic mass is 10.0. The molecule has 6 heteroatoms. The normalized spacial score (nSPS) is 10.1. The minimum absolute atomic E-state index is 0. The molecule has 276 valence electrons. The lowest BCUT2D eigenvalue weighted by Crippen LogP contribution is -1.93. The molecule has 3 N–H and O–H groups in total.